The Hall–Kier alpha value is -3.35. The van der Waals surface area contributed by atoms with Crippen LogP contribution in [-0.2, 0) is 12.8 Å². The van der Waals surface area contributed by atoms with Gasteiger partial charge in [0.25, 0.3) is 0 Å². The van der Waals surface area contributed by atoms with Crippen molar-refractivity contribution in [2.24, 2.45) is 0 Å². The largest absolute Gasteiger partial charge is 0.389 e. The van der Waals surface area contributed by atoms with Gasteiger partial charge in [-0.25, -0.2) is 0 Å². The second kappa shape index (κ2) is 8.89. The van der Waals surface area contributed by atoms with Gasteiger partial charge in [0.15, 0.2) is 0 Å². The first kappa shape index (κ1) is 21.5. The van der Waals surface area contributed by atoms with Crippen molar-refractivity contribution in [1.82, 2.24) is 9.97 Å². The van der Waals surface area contributed by atoms with Crippen LogP contribution in [0.25, 0.3) is 10.9 Å². The number of H-pyrrole nitrogens is 1. The summed E-state index contributed by atoms with van der Waals surface area (Å²) in [6, 6.07) is 14.4. The fourth-order valence-electron chi connectivity index (χ4n) is 4.81. The first-order valence-corrected chi connectivity index (χ1v) is 11.6. The fourth-order valence-corrected chi connectivity index (χ4v) is 4.81. The highest BCUT2D eigenvalue weighted by Crippen LogP contribution is 2.35. The van der Waals surface area contributed by atoms with E-state index >= 15 is 0 Å². The van der Waals surface area contributed by atoms with Crippen LogP contribution in [0.3, 0.4) is 0 Å². The standard InChI is InChI=1S/C27H30N4O2/c1-16-14-19(31-24-11-13-29-27-22(24)7-9-25(27)33)6-8-23(16)28-12-10-18-15-30-26-20(17(2)32)4-3-5-21(18)26/h3-6,8,11,13-15,17,25,28,30,32-33H,7,9-10,12H2,1-2H3,(H,29,31)/t17?,25-/m1/s1. The lowest BCUT2D eigenvalue weighted by atomic mass is 10.0. The Kier molecular flexibility index (Phi) is 5.79. The number of hydrogen-bond acceptors (Lipinski definition) is 5. The Balaban J connectivity index is 1.25. The monoisotopic (exact) mass is 442 g/mol. The van der Waals surface area contributed by atoms with Gasteiger partial charge in [0.1, 0.15) is 0 Å². The summed E-state index contributed by atoms with van der Waals surface area (Å²) in [5.41, 5.74) is 9.42. The van der Waals surface area contributed by atoms with Crippen LogP contribution in [0.15, 0.2) is 54.9 Å². The lowest BCUT2D eigenvalue weighted by Gasteiger charge is -2.14. The van der Waals surface area contributed by atoms with E-state index in [2.05, 4.69) is 51.8 Å². The van der Waals surface area contributed by atoms with Crippen LogP contribution < -0.4 is 10.6 Å². The molecular weight excluding hydrogens is 412 g/mol. The number of aliphatic hydroxyl groups is 2. The van der Waals surface area contributed by atoms with E-state index in [4.69, 9.17) is 0 Å². The minimum Gasteiger partial charge on any atom is -0.389 e. The number of aromatic amines is 1. The molecule has 0 saturated carbocycles. The van der Waals surface area contributed by atoms with E-state index in [0.717, 1.165) is 65.2 Å². The van der Waals surface area contributed by atoms with Gasteiger partial charge in [-0.3, -0.25) is 4.98 Å². The molecule has 5 rings (SSSR count). The van der Waals surface area contributed by atoms with Crippen molar-refractivity contribution in [3.63, 3.8) is 0 Å². The Labute approximate surface area is 193 Å². The Morgan fingerprint density at radius 1 is 1.18 bits per heavy atom. The molecule has 2 heterocycles. The SMILES string of the molecule is Cc1cc(Nc2ccnc3c2CC[C@H]3O)ccc1NCCc1c[nH]c2c(C(C)O)cccc12. The molecule has 33 heavy (non-hydrogen) atoms. The van der Waals surface area contributed by atoms with Gasteiger partial charge in [-0.2, -0.15) is 0 Å². The highest BCUT2D eigenvalue weighted by atomic mass is 16.3. The average Bonchev–Trinajstić information content (AvgIpc) is 3.39. The van der Waals surface area contributed by atoms with E-state index in [-0.39, 0.29) is 0 Å². The van der Waals surface area contributed by atoms with Gasteiger partial charge in [0.2, 0.25) is 0 Å². The molecule has 1 aliphatic carbocycles. The van der Waals surface area contributed by atoms with Crippen molar-refractivity contribution >= 4 is 28.0 Å². The minimum atomic E-state index is -0.494. The molecule has 0 spiro atoms. The number of aliphatic hydroxyl groups excluding tert-OH is 2. The van der Waals surface area contributed by atoms with Crippen molar-refractivity contribution < 1.29 is 10.2 Å². The van der Waals surface area contributed by atoms with Crippen LogP contribution in [0.5, 0.6) is 0 Å². The topological polar surface area (TPSA) is 93.2 Å². The number of rotatable bonds is 7. The number of benzene rings is 2. The van der Waals surface area contributed by atoms with Crippen molar-refractivity contribution in [3.8, 4) is 0 Å². The lowest BCUT2D eigenvalue weighted by molar-refractivity contribution is 0.176. The van der Waals surface area contributed by atoms with E-state index in [1.54, 1.807) is 13.1 Å². The second-order valence-corrected chi connectivity index (χ2v) is 8.87. The molecule has 6 nitrogen and oxygen atoms in total. The van der Waals surface area contributed by atoms with Gasteiger partial charge in [-0.15, -0.1) is 0 Å². The summed E-state index contributed by atoms with van der Waals surface area (Å²) >= 11 is 0. The van der Waals surface area contributed by atoms with Gasteiger partial charge in [-0.05, 0) is 74.1 Å². The molecule has 1 aliphatic rings. The molecule has 2 atom stereocenters. The highest BCUT2D eigenvalue weighted by Gasteiger charge is 2.24. The first-order chi connectivity index (χ1) is 16.0. The van der Waals surface area contributed by atoms with Crippen molar-refractivity contribution in [2.45, 2.75) is 45.3 Å². The van der Waals surface area contributed by atoms with E-state index < -0.39 is 12.2 Å². The third-order valence-electron chi connectivity index (χ3n) is 6.57. The van der Waals surface area contributed by atoms with Crippen molar-refractivity contribution in [3.05, 3.63) is 82.8 Å². The Bertz CT molecular complexity index is 1290. The molecule has 0 radical (unpaired) electrons. The summed E-state index contributed by atoms with van der Waals surface area (Å²) in [6.07, 6.45) is 5.32. The number of para-hydroxylation sites is 1. The van der Waals surface area contributed by atoms with Crippen LogP contribution in [0.1, 0.15) is 53.5 Å². The Morgan fingerprint density at radius 3 is 2.88 bits per heavy atom. The number of nitrogens with zero attached hydrogens (tertiary/aromatic N) is 1. The first-order valence-electron chi connectivity index (χ1n) is 11.6. The molecule has 0 bridgehead atoms. The van der Waals surface area contributed by atoms with Gasteiger partial charge < -0.3 is 25.8 Å². The molecule has 5 N–H and O–H groups in total. The molecule has 0 saturated heterocycles. The zero-order valence-electron chi connectivity index (χ0n) is 19.0. The summed E-state index contributed by atoms with van der Waals surface area (Å²) in [5.74, 6) is 0. The molecule has 170 valence electrons. The maximum absolute atomic E-state index is 10.1. The summed E-state index contributed by atoms with van der Waals surface area (Å²) in [5, 5.41) is 28.3. The normalized spacial score (nSPS) is 16.1. The number of anilines is 3. The van der Waals surface area contributed by atoms with Crippen LogP contribution in [0, 0.1) is 6.92 Å². The number of pyridine rings is 1. The molecular formula is C27H30N4O2. The number of nitrogens with one attached hydrogen (secondary N) is 3. The number of aromatic nitrogens is 2. The molecule has 0 fully saturated rings. The predicted molar refractivity (Wildman–Crippen MR) is 133 cm³/mol. The lowest BCUT2D eigenvalue weighted by Crippen LogP contribution is -2.06. The number of hydrogen-bond donors (Lipinski definition) is 5. The minimum absolute atomic E-state index is 0.453. The highest BCUT2D eigenvalue weighted by molar-refractivity contribution is 5.86. The zero-order valence-corrected chi connectivity index (χ0v) is 19.0. The average molecular weight is 443 g/mol. The van der Waals surface area contributed by atoms with Crippen molar-refractivity contribution in [2.75, 3.05) is 17.2 Å². The third kappa shape index (κ3) is 4.19. The van der Waals surface area contributed by atoms with E-state index in [0.29, 0.717) is 0 Å². The molecule has 1 unspecified atom stereocenters. The number of aryl methyl sites for hydroxylation is 1. The van der Waals surface area contributed by atoms with Gasteiger partial charge >= 0.3 is 0 Å². The summed E-state index contributed by atoms with van der Waals surface area (Å²) in [7, 11) is 0. The Morgan fingerprint density at radius 2 is 2.06 bits per heavy atom. The van der Waals surface area contributed by atoms with Crippen LogP contribution in [0.4, 0.5) is 17.1 Å². The van der Waals surface area contributed by atoms with Gasteiger partial charge in [-0.1, -0.05) is 18.2 Å². The fraction of sp³-hybridized carbons (Fsp3) is 0.296. The van der Waals surface area contributed by atoms with Gasteiger partial charge in [0.05, 0.1) is 23.4 Å². The van der Waals surface area contributed by atoms with Gasteiger partial charge in [0, 0.05) is 47.0 Å². The molecule has 2 aromatic heterocycles. The molecule has 4 aromatic rings. The summed E-state index contributed by atoms with van der Waals surface area (Å²) in [6.45, 7) is 4.72. The maximum Gasteiger partial charge on any atom is 0.0966 e. The third-order valence-corrected chi connectivity index (χ3v) is 6.57. The smallest absolute Gasteiger partial charge is 0.0966 e. The van der Waals surface area contributed by atoms with E-state index in [9.17, 15) is 10.2 Å². The number of fused-ring (bicyclic) bond motifs is 2. The molecule has 0 aliphatic heterocycles. The molecule has 6 heteroatoms. The van der Waals surface area contributed by atoms with E-state index in [1.807, 2.05) is 24.4 Å². The van der Waals surface area contributed by atoms with Crippen LogP contribution in [0.2, 0.25) is 0 Å². The quantitative estimate of drug-likeness (QED) is 0.268. The van der Waals surface area contributed by atoms with Crippen molar-refractivity contribution in [1.29, 1.82) is 0 Å². The van der Waals surface area contributed by atoms with Crippen LogP contribution >= 0.6 is 0 Å². The van der Waals surface area contributed by atoms with E-state index in [1.165, 1.54) is 16.5 Å². The van der Waals surface area contributed by atoms with Crippen LogP contribution in [-0.4, -0.2) is 26.7 Å². The molecule has 2 aromatic carbocycles. The maximum atomic E-state index is 10.1. The predicted octanol–water partition coefficient (Wildman–Crippen LogP) is 5.30. The second-order valence-electron chi connectivity index (χ2n) is 8.87. The molecule has 0 amide bonds. The summed E-state index contributed by atoms with van der Waals surface area (Å²) < 4.78 is 0. The zero-order chi connectivity index (χ0) is 22.9. The summed E-state index contributed by atoms with van der Waals surface area (Å²) in [4.78, 5) is 7.68.